The number of hydrogen-bond acceptors (Lipinski definition) is 3. The lowest BCUT2D eigenvalue weighted by atomic mass is 9.97. The lowest BCUT2D eigenvalue weighted by Crippen LogP contribution is -2.43. The molecule has 2 rings (SSSR count). The van der Waals surface area contributed by atoms with E-state index in [0.29, 0.717) is 37.4 Å². The molecule has 0 radical (unpaired) electrons. The first-order valence-electron chi connectivity index (χ1n) is 8.71. The number of sulfonamides is 1. The Labute approximate surface area is 145 Å². The van der Waals surface area contributed by atoms with Crippen LogP contribution in [-0.2, 0) is 14.8 Å². The molecule has 24 heavy (non-hydrogen) atoms. The summed E-state index contributed by atoms with van der Waals surface area (Å²) in [5, 5.41) is 2.95. The minimum absolute atomic E-state index is 0.0623. The van der Waals surface area contributed by atoms with Gasteiger partial charge in [-0.15, -0.1) is 0 Å². The van der Waals surface area contributed by atoms with Crippen LogP contribution in [0.5, 0.6) is 0 Å². The van der Waals surface area contributed by atoms with Gasteiger partial charge in [-0.1, -0.05) is 25.5 Å². The molecule has 0 saturated carbocycles. The topological polar surface area (TPSA) is 66.5 Å². The van der Waals surface area contributed by atoms with Crippen molar-refractivity contribution in [3.8, 4) is 0 Å². The first-order valence-corrected chi connectivity index (χ1v) is 10.2. The maximum Gasteiger partial charge on any atom is 0.243 e. The van der Waals surface area contributed by atoms with Crippen molar-refractivity contribution in [1.82, 2.24) is 9.62 Å². The van der Waals surface area contributed by atoms with Gasteiger partial charge in [0.25, 0.3) is 0 Å². The van der Waals surface area contributed by atoms with Gasteiger partial charge in [0.1, 0.15) is 0 Å². The molecule has 0 spiro atoms. The molecule has 1 fully saturated rings. The zero-order valence-corrected chi connectivity index (χ0v) is 15.7. The predicted molar refractivity (Wildman–Crippen MR) is 95.3 cm³/mol. The molecule has 1 amide bonds. The van der Waals surface area contributed by atoms with E-state index in [2.05, 4.69) is 12.2 Å². The molecule has 134 valence electrons. The zero-order chi connectivity index (χ0) is 17.7. The number of rotatable bonds is 6. The van der Waals surface area contributed by atoms with Crippen molar-refractivity contribution in [2.45, 2.75) is 51.3 Å². The Balaban J connectivity index is 2.01. The van der Waals surface area contributed by atoms with Crippen LogP contribution in [0.15, 0.2) is 23.1 Å². The molecule has 1 heterocycles. The van der Waals surface area contributed by atoms with Gasteiger partial charge in [0.05, 0.1) is 4.90 Å². The van der Waals surface area contributed by atoms with Crippen molar-refractivity contribution in [3.05, 3.63) is 29.3 Å². The van der Waals surface area contributed by atoms with Crippen molar-refractivity contribution in [1.29, 1.82) is 0 Å². The van der Waals surface area contributed by atoms with E-state index in [1.807, 2.05) is 26.0 Å². The number of benzene rings is 1. The number of carbonyl (C=O) groups excluding carboxylic acids is 1. The van der Waals surface area contributed by atoms with Gasteiger partial charge in [-0.05, 0) is 50.3 Å². The molecule has 6 heteroatoms. The standard InChI is InChI=1S/C18H28N2O3S/c1-4-5-10-19-18(21)16-8-11-20(12-9-16)24(22,23)17-13-14(2)6-7-15(17)3/h6-7,13,16H,4-5,8-12H2,1-3H3,(H,19,21). The average Bonchev–Trinajstić information content (AvgIpc) is 2.57. The number of amides is 1. The third-order valence-corrected chi connectivity index (χ3v) is 6.66. The van der Waals surface area contributed by atoms with Crippen LogP contribution >= 0.6 is 0 Å². The summed E-state index contributed by atoms with van der Waals surface area (Å²) >= 11 is 0. The van der Waals surface area contributed by atoms with Crippen LogP contribution in [0.3, 0.4) is 0 Å². The fraction of sp³-hybridized carbons (Fsp3) is 0.611. The van der Waals surface area contributed by atoms with Crippen LogP contribution < -0.4 is 5.32 Å². The van der Waals surface area contributed by atoms with Crippen molar-refractivity contribution in [2.75, 3.05) is 19.6 Å². The fourth-order valence-corrected chi connectivity index (χ4v) is 4.79. The van der Waals surface area contributed by atoms with Crippen molar-refractivity contribution >= 4 is 15.9 Å². The van der Waals surface area contributed by atoms with E-state index in [1.165, 1.54) is 4.31 Å². The van der Waals surface area contributed by atoms with Gasteiger partial charge in [0.15, 0.2) is 0 Å². The van der Waals surface area contributed by atoms with Crippen molar-refractivity contribution in [2.24, 2.45) is 5.92 Å². The molecule has 0 bridgehead atoms. The molecule has 5 nitrogen and oxygen atoms in total. The first-order chi connectivity index (χ1) is 11.4. The Morgan fingerprint density at radius 1 is 1.25 bits per heavy atom. The smallest absolute Gasteiger partial charge is 0.243 e. The number of carbonyl (C=O) groups is 1. The Morgan fingerprint density at radius 2 is 1.92 bits per heavy atom. The van der Waals surface area contributed by atoms with E-state index in [1.54, 1.807) is 6.07 Å². The van der Waals surface area contributed by atoms with E-state index in [0.717, 1.165) is 24.0 Å². The van der Waals surface area contributed by atoms with Crippen LogP contribution in [0.25, 0.3) is 0 Å². The normalized spacial score (nSPS) is 17.0. The molecule has 1 N–H and O–H groups in total. The quantitative estimate of drug-likeness (QED) is 0.800. The second-order valence-corrected chi connectivity index (χ2v) is 8.50. The highest BCUT2D eigenvalue weighted by Crippen LogP contribution is 2.26. The molecule has 0 aromatic heterocycles. The lowest BCUT2D eigenvalue weighted by molar-refractivity contribution is -0.126. The monoisotopic (exact) mass is 352 g/mol. The zero-order valence-electron chi connectivity index (χ0n) is 14.8. The maximum atomic E-state index is 12.9. The van der Waals surface area contributed by atoms with Crippen molar-refractivity contribution < 1.29 is 13.2 Å². The van der Waals surface area contributed by atoms with Crippen LogP contribution in [-0.4, -0.2) is 38.3 Å². The summed E-state index contributed by atoms with van der Waals surface area (Å²) < 4.78 is 27.3. The number of aryl methyl sites for hydroxylation is 2. The Morgan fingerprint density at radius 3 is 2.54 bits per heavy atom. The van der Waals surface area contributed by atoms with Gasteiger partial charge in [0, 0.05) is 25.6 Å². The number of unbranched alkanes of at least 4 members (excludes halogenated alkanes) is 1. The minimum atomic E-state index is -3.48. The number of piperidine rings is 1. The molecular weight excluding hydrogens is 324 g/mol. The summed E-state index contributed by atoms with van der Waals surface area (Å²) in [5.41, 5.74) is 1.70. The maximum absolute atomic E-state index is 12.9. The molecule has 0 atom stereocenters. The molecule has 1 aliphatic rings. The second kappa shape index (κ2) is 8.12. The van der Waals surface area contributed by atoms with Crippen LogP contribution in [0.2, 0.25) is 0 Å². The van der Waals surface area contributed by atoms with Gasteiger partial charge in [0.2, 0.25) is 15.9 Å². The molecular formula is C18H28N2O3S. The molecule has 0 aliphatic carbocycles. The summed E-state index contributed by atoms with van der Waals surface area (Å²) in [4.78, 5) is 12.5. The SMILES string of the molecule is CCCCNC(=O)C1CCN(S(=O)(=O)c2cc(C)ccc2C)CC1. The first kappa shape index (κ1) is 18.9. The third-order valence-electron chi connectivity index (χ3n) is 4.62. The molecule has 0 unspecified atom stereocenters. The highest BCUT2D eigenvalue weighted by Gasteiger charge is 2.32. The van der Waals surface area contributed by atoms with Gasteiger partial charge < -0.3 is 5.32 Å². The Kier molecular flexibility index (Phi) is 6.40. The number of nitrogens with one attached hydrogen (secondary N) is 1. The summed E-state index contributed by atoms with van der Waals surface area (Å²) in [7, 11) is -3.48. The van der Waals surface area contributed by atoms with Gasteiger partial charge >= 0.3 is 0 Å². The van der Waals surface area contributed by atoms with Crippen molar-refractivity contribution in [3.63, 3.8) is 0 Å². The fourth-order valence-electron chi connectivity index (χ4n) is 3.02. The van der Waals surface area contributed by atoms with Crippen LogP contribution in [0.1, 0.15) is 43.7 Å². The molecule has 1 aromatic carbocycles. The van der Waals surface area contributed by atoms with Gasteiger partial charge in [-0.3, -0.25) is 4.79 Å². The molecule has 1 aromatic rings. The van der Waals surface area contributed by atoms with Gasteiger partial charge in [-0.2, -0.15) is 4.31 Å². The summed E-state index contributed by atoms with van der Waals surface area (Å²) in [5.74, 6) is -0.0147. The minimum Gasteiger partial charge on any atom is -0.356 e. The average molecular weight is 353 g/mol. The van der Waals surface area contributed by atoms with E-state index in [9.17, 15) is 13.2 Å². The summed E-state index contributed by atoms with van der Waals surface area (Å²) in [6, 6.07) is 5.49. The second-order valence-electron chi connectivity index (χ2n) is 6.59. The molecule has 1 aliphatic heterocycles. The Bertz CT molecular complexity index is 678. The number of hydrogen-bond donors (Lipinski definition) is 1. The van der Waals surface area contributed by atoms with Crippen LogP contribution in [0.4, 0.5) is 0 Å². The highest BCUT2D eigenvalue weighted by molar-refractivity contribution is 7.89. The predicted octanol–water partition coefficient (Wildman–Crippen LogP) is 2.62. The van der Waals surface area contributed by atoms with E-state index in [-0.39, 0.29) is 11.8 Å². The van der Waals surface area contributed by atoms with E-state index in [4.69, 9.17) is 0 Å². The van der Waals surface area contributed by atoms with E-state index >= 15 is 0 Å². The lowest BCUT2D eigenvalue weighted by Gasteiger charge is -2.31. The largest absolute Gasteiger partial charge is 0.356 e. The Hall–Kier alpha value is -1.40. The summed E-state index contributed by atoms with van der Waals surface area (Å²) in [6.07, 6.45) is 3.20. The van der Waals surface area contributed by atoms with Crippen LogP contribution in [0, 0.1) is 19.8 Å². The molecule has 1 saturated heterocycles. The number of nitrogens with zero attached hydrogens (tertiary/aromatic N) is 1. The third kappa shape index (κ3) is 4.36. The van der Waals surface area contributed by atoms with E-state index < -0.39 is 10.0 Å². The van der Waals surface area contributed by atoms with Gasteiger partial charge in [-0.25, -0.2) is 8.42 Å². The summed E-state index contributed by atoms with van der Waals surface area (Å²) in [6.45, 7) is 7.31. The highest BCUT2D eigenvalue weighted by atomic mass is 32.2.